The molecule has 0 amide bonds. The molecule has 18 heavy (non-hydrogen) atoms. The van der Waals surface area contributed by atoms with Crippen molar-refractivity contribution in [1.29, 1.82) is 5.26 Å². The highest BCUT2D eigenvalue weighted by Crippen LogP contribution is 2.39. The van der Waals surface area contributed by atoms with Crippen LogP contribution in [0.3, 0.4) is 0 Å². The molecule has 1 aliphatic rings. The average Bonchev–Trinajstić information content (AvgIpc) is 2.51. The van der Waals surface area contributed by atoms with Gasteiger partial charge < -0.3 is 9.31 Å². The van der Waals surface area contributed by atoms with E-state index in [4.69, 9.17) is 14.6 Å². The van der Waals surface area contributed by atoms with E-state index in [1.807, 2.05) is 20.8 Å². The van der Waals surface area contributed by atoms with Crippen LogP contribution in [0.1, 0.15) is 27.2 Å². The van der Waals surface area contributed by atoms with Crippen LogP contribution in [0, 0.1) is 17.1 Å². The van der Waals surface area contributed by atoms with Crippen LogP contribution < -0.4 is 5.46 Å². The van der Waals surface area contributed by atoms with E-state index in [9.17, 15) is 4.39 Å². The zero-order chi connectivity index (χ0) is 13.4. The fourth-order valence-corrected chi connectivity index (χ4v) is 1.99. The number of nitrogens with zero attached hydrogens (tertiary/aromatic N) is 1. The van der Waals surface area contributed by atoms with Gasteiger partial charge in [0.05, 0.1) is 23.7 Å². The Balaban J connectivity index is 2.31. The minimum absolute atomic E-state index is 0.199. The highest BCUT2D eigenvalue weighted by Gasteiger charge is 2.55. The van der Waals surface area contributed by atoms with Gasteiger partial charge in [-0.05, 0) is 26.8 Å². The van der Waals surface area contributed by atoms with Gasteiger partial charge in [-0.3, -0.25) is 0 Å². The van der Waals surface area contributed by atoms with Crippen LogP contribution in [-0.2, 0) is 9.31 Å². The smallest absolute Gasteiger partial charge is 0.399 e. The van der Waals surface area contributed by atoms with E-state index >= 15 is 0 Å². The van der Waals surface area contributed by atoms with Gasteiger partial charge in [0.2, 0.25) is 0 Å². The Kier molecular flexibility index (Phi) is 3.18. The molecular formula is C13H15BFNO2. The minimum Gasteiger partial charge on any atom is -0.399 e. The largest absolute Gasteiger partial charge is 0.497 e. The third-order valence-corrected chi connectivity index (χ3v) is 3.62. The van der Waals surface area contributed by atoms with Crippen molar-refractivity contribution < 1.29 is 13.7 Å². The maximum Gasteiger partial charge on any atom is 0.497 e. The summed E-state index contributed by atoms with van der Waals surface area (Å²) in [4.78, 5) is 0. The van der Waals surface area contributed by atoms with E-state index in [0.29, 0.717) is 5.46 Å². The number of benzene rings is 1. The van der Waals surface area contributed by atoms with Gasteiger partial charge in [0.25, 0.3) is 0 Å². The topological polar surface area (TPSA) is 42.2 Å². The maximum atomic E-state index is 13.7. The molecular weight excluding hydrogens is 232 g/mol. The molecule has 0 aromatic heterocycles. The molecule has 0 saturated carbocycles. The molecule has 1 unspecified atom stereocenters. The first-order valence-electron chi connectivity index (χ1n) is 5.87. The summed E-state index contributed by atoms with van der Waals surface area (Å²) in [6, 6.07) is 8.45. The number of halogens is 1. The molecule has 1 heterocycles. The van der Waals surface area contributed by atoms with Crippen LogP contribution in [0.5, 0.6) is 0 Å². The molecule has 0 bridgehead atoms. The molecule has 0 spiro atoms. The van der Waals surface area contributed by atoms with Crippen LogP contribution in [0.4, 0.5) is 4.39 Å². The quantitative estimate of drug-likeness (QED) is 0.751. The maximum absolute atomic E-state index is 13.7. The van der Waals surface area contributed by atoms with E-state index in [-0.39, 0.29) is 12.2 Å². The molecule has 1 aromatic rings. The second-order valence-corrected chi connectivity index (χ2v) is 5.17. The number of nitriles is 1. The summed E-state index contributed by atoms with van der Waals surface area (Å²) in [7, 11) is -0.764. The summed E-state index contributed by atoms with van der Waals surface area (Å²) in [5, 5.41) is 8.88. The van der Waals surface area contributed by atoms with Gasteiger partial charge in [-0.2, -0.15) is 5.26 Å². The lowest BCUT2D eigenvalue weighted by molar-refractivity contribution is -0.00545. The fourth-order valence-electron chi connectivity index (χ4n) is 1.99. The first-order chi connectivity index (χ1) is 8.39. The third kappa shape index (κ3) is 2.02. The molecule has 3 nitrogen and oxygen atoms in total. The summed E-state index contributed by atoms with van der Waals surface area (Å²) in [5.74, 6) is -0.362. The average molecular weight is 247 g/mol. The van der Waals surface area contributed by atoms with Crippen LogP contribution in [0.25, 0.3) is 0 Å². The molecule has 2 rings (SSSR count). The van der Waals surface area contributed by atoms with Crippen molar-refractivity contribution in [3.8, 4) is 6.07 Å². The second-order valence-electron chi connectivity index (χ2n) is 5.17. The molecule has 94 valence electrons. The second kappa shape index (κ2) is 4.38. The normalized spacial score (nSPS) is 26.1. The molecule has 0 radical (unpaired) electrons. The highest BCUT2D eigenvalue weighted by atomic mass is 19.1. The van der Waals surface area contributed by atoms with Crippen molar-refractivity contribution in [2.75, 3.05) is 0 Å². The lowest BCUT2D eigenvalue weighted by atomic mass is 9.79. The zero-order valence-electron chi connectivity index (χ0n) is 10.7. The molecule has 1 aromatic carbocycles. The molecule has 1 fully saturated rings. The van der Waals surface area contributed by atoms with Gasteiger partial charge in [0.15, 0.2) is 0 Å². The Morgan fingerprint density at radius 3 is 2.56 bits per heavy atom. The first-order valence-corrected chi connectivity index (χ1v) is 5.87. The summed E-state index contributed by atoms with van der Waals surface area (Å²) in [5.41, 5.74) is -1.02. The van der Waals surface area contributed by atoms with E-state index in [2.05, 4.69) is 6.07 Å². The Hall–Kier alpha value is -1.38. The van der Waals surface area contributed by atoms with Crippen LogP contribution in [0.2, 0.25) is 0 Å². The fraction of sp³-hybridized carbons (Fsp3) is 0.462. The number of hydrogen-bond donors (Lipinski definition) is 0. The predicted molar refractivity (Wildman–Crippen MR) is 66.7 cm³/mol. The summed E-state index contributed by atoms with van der Waals surface area (Å²) in [6.45, 7) is 5.52. The van der Waals surface area contributed by atoms with Gasteiger partial charge in [0, 0.05) is 5.46 Å². The van der Waals surface area contributed by atoms with Crippen molar-refractivity contribution in [1.82, 2.24) is 0 Å². The van der Waals surface area contributed by atoms with E-state index in [1.165, 1.54) is 6.07 Å². The lowest BCUT2D eigenvalue weighted by Gasteiger charge is -2.34. The summed E-state index contributed by atoms with van der Waals surface area (Å²) < 4.78 is 25.3. The van der Waals surface area contributed by atoms with Gasteiger partial charge in [0.1, 0.15) is 5.82 Å². The van der Waals surface area contributed by atoms with E-state index < -0.39 is 18.3 Å². The minimum atomic E-state index is -0.764. The Labute approximate surface area is 107 Å². The Morgan fingerprint density at radius 2 is 1.94 bits per heavy atom. The van der Waals surface area contributed by atoms with Gasteiger partial charge in [-0.1, -0.05) is 18.2 Å². The summed E-state index contributed by atoms with van der Waals surface area (Å²) >= 11 is 0. The SMILES string of the molecule is CC1(C)OB(c2ccccc2F)OC1(C)CC#N. The number of rotatable bonds is 2. The van der Waals surface area contributed by atoms with Gasteiger partial charge in [-0.15, -0.1) is 0 Å². The molecule has 1 atom stereocenters. The number of hydrogen-bond acceptors (Lipinski definition) is 3. The predicted octanol–water partition coefficient (Wildman–Crippen LogP) is 2.02. The third-order valence-electron chi connectivity index (χ3n) is 3.62. The monoisotopic (exact) mass is 247 g/mol. The van der Waals surface area contributed by atoms with Crippen molar-refractivity contribution >= 4 is 12.6 Å². The van der Waals surface area contributed by atoms with Crippen LogP contribution in [-0.4, -0.2) is 18.3 Å². The standard InChI is InChI=1S/C13H15BFNO2/c1-12(2)13(3,8-9-16)18-14(17-12)10-6-4-5-7-11(10)15/h4-7H,8H2,1-3H3. The first kappa shape index (κ1) is 13.1. The summed E-state index contributed by atoms with van der Waals surface area (Å²) in [6.07, 6.45) is 0.199. The van der Waals surface area contributed by atoms with Crippen molar-refractivity contribution in [3.63, 3.8) is 0 Å². The van der Waals surface area contributed by atoms with Crippen LogP contribution >= 0.6 is 0 Å². The molecule has 0 aliphatic carbocycles. The lowest BCUT2D eigenvalue weighted by Crippen LogP contribution is -2.44. The van der Waals surface area contributed by atoms with Crippen molar-refractivity contribution in [3.05, 3.63) is 30.1 Å². The molecule has 1 aliphatic heterocycles. The Morgan fingerprint density at radius 1 is 1.28 bits per heavy atom. The molecule has 0 N–H and O–H groups in total. The van der Waals surface area contributed by atoms with E-state index in [1.54, 1.807) is 18.2 Å². The van der Waals surface area contributed by atoms with Crippen molar-refractivity contribution in [2.24, 2.45) is 0 Å². The van der Waals surface area contributed by atoms with Crippen LogP contribution in [0.15, 0.2) is 24.3 Å². The van der Waals surface area contributed by atoms with E-state index in [0.717, 1.165) is 0 Å². The highest BCUT2D eigenvalue weighted by molar-refractivity contribution is 6.62. The Bertz CT molecular complexity index is 500. The van der Waals surface area contributed by atoms with Crippen molar-refractivity contribution in [2.45, 2.75) is 38.4 Å². The molecule has 5 heteroatoms. The molecule has 1 saturated heterocycles. The van der Waals surface area contributed by atoms with Gasteiger partial charge >= 0.3 is 7.12 Å². The van der Waals surface area contributed by atoms with Gasteiger partial charge in [-0.25, -0.2) is 4.39 Å². The zero-order valence-corrected chi connectivity index (χ0v) is 10.7.